The van der Waals surface area contributed by atoms with Gasteiger partial charge in [0.05, 0.1) is 11.2 Å². The molecule has 0 atom stereocenters. The molecule has 0 amide bonds. The Labute approximate surface area is 127 Å². The Bertz CT molecular complexity index is 588. The summed E-state index contributed by atoms with van der Waals surface area (Å²) < 4.78 is 0. The van der Waals surface area contributed by atoms with Crippen molar-refractivity contribution in [2.45, 2.75) is 39.2 Å². The number of piperidine rings is 1. The minimum Gasteiger partial charge on any atom is -0.371 e. The van der Waals surface area contributed by atoms with Gasteiger partial charge in [-0.1, -0.05) is 25.1 Å². The van der Waals surface area contributed by atoms with Gasteiger partial charge in [0.2, 0.25) is 0 Å². The molecular formula is C18H25N3. The van der Waals surface area contributed by atoms with Crippen LogP contribution in [0.2, 0.25) is 0 Å². The summed E-state index contributed by atoms with van der Waals surface area (Å²) in [7, 11) is 0. The quantitative estimate of drug-likeness (QED) is 0.848. The van der Waals surface area contributed by atoms with Crippen molar-refractivity contribution in [3.05, 3.63) is 36.0 Å². The maximum absolute atomic E-state index is 4.81. The van der Waals surface area contributed by atoms with Crippen LogP contribution in [0.3, 0.4) is 0 Å². The molecule has 0 spiro atoms. The highest BCUT2D eigenvalue weighted by Crippen LogP contribution is 2.29. The van der Waals surface area contributed by atoms with Crippen molar-refractivity contribution in [3.8, 4) is 0 Å². The minimum atomic E-state index is 0.861. The molecule has 3 rings (SSSR count). The van der Waals surface area contributed by atoms with Gasteiger partial charge in [0.1, 0.15) is 0 Å². The van der Waals surface area contributed by atoms with E-state index >= 15 is 0 Å². The molecule has 2 heterocycles. The smallest absolute Gasteiger partial charge is 0.0726 e. The highest BCUT2D eigenvalue weighted by atomic mass is 15.1. The van der Waals surface area contributed by atoms with Crippen LogP contribution in [-0.2, 0) is 6.54 Å². The Morgan fingerprint density at radius 2 is 1.95 bits per heavy atom. The number of para-hydroxylation sites is 1. The van der Waals surface area contributed by atoms with Crippen LogP contribution in [0.5, 0.6) is 0 Å². The summed E-state index contributed by atoms with van der Waals surface area (Å²) in [6.45, 7) is 6.46. The van der Waals surface area contributed by atoms with E-state index in [2.05, 4.69) is 47.5 Å². The lowest BCUT2D eigenvalue weighted by Crippen LogP contribution is -2.29. The lowest BCUT2D eigenvalue weighted by atomic mass is 10.1. The summed E-state index contributed by atoms with van der Waals surface area (Å²) in [6.07, 6.45) is 5.14. The van der Waals surface area contributed by atoms with Crippen molar-refractivity contribution in [3.63, 3.8) is 0 Å². The molecule has 1 saturated heterocycles. The first-order valence-electron chi connectivity index (χ1n) is 8.23. The Balaban J connectivity index is 1.94. The lowest BCUT2D eigenvalue weighted by molar-refractivity contribution is 0.578. The molecule has 1 N–H and O–H groups in total. The van der Waals surface area contributed by atoms with Crippen molar-refractivity contribution < 1.29 is 0 Å². The van der Waals surface area contributed by atoms with Gasteiger partial charge in [-0.2, -0.15) is 0 Å². The maximum Gasteiger partial charge on any atom is 0.0726 e. The number of pyridine rings is 1. The molecule has 1 fully saturated rings. The number of aromatic nitrogens is 1. The summed E-state index contributed by atoms with van der Waals surface area (Å²) in [5.74, 6) is 0. The van der Waals surface area contributed by atoms with Gasteiger partial charge < -0.3 is 10.2 Å². The monoisotopic (exact) mass is 283 g/mol. The predicted octanol–water partition coefficient (Wildman–Crippen LogP) is 3.72. The molecule has 1 aliphatic heterocycles. The number of nitrogens with one attached hydrogen (secondary N) is 1. The van der Waals surface area contributed by atoms with Crippen LogP contribution in [0.15, 0.2) is 30.3 Å². The van der Waals surface area contributed by atoms with Crippen molar-refractivity contribution in [1.29, 1.82) is 0 Å². The van der Waals surface area contributed by atoms with Crippen LogP contribution in [0.1, 0.15) is 38.3 Å². The van der Waals surface area contributed by atoms with E-state index in [0.717, 1.165) is 30.7 Å². The lowest BCUT2D eigenvalue weighted by Gasteiger charge is -2.30. The normalized spacial score (nSPS) is 15.6. The summed E-state index contributed by atoms with van der Waals surface area (Å²) in [5.41, 5.74) is 3.64. The molecule has 1 aliphatic rings. The van der Waals surface area contributed by atoms with Crippen molar-refractivity contribution >= 4 is 16.6 Å². The molecule has 1 aromatic heterocycles. The van der Waals surface area contributed by atoms with E-state index in [1.807, 2.05) is 0 Å². The number of fused-ring (bicyclic) bond motifs is 1. The number of rotatable bonds is 5. The molecule has 0 radical (unpaired) electrons. The Kier molecular flexibility index (Phi) is 4.71. The molecule has 3 nitrogen and oxygen atoms in total. The summed E-state index contributed by atoms with van der Waals surface area (Å²) in [4.78, 5) is 7.35. The molecular weight excluding hydrogens is 258 g/mol. The highest BCUT2D eigenvalue weighted by molar-refractivity contribution is 5.92. The Hall–Kier alpha value is -1.61. The van der Waals surface area contributed by atoms with Crippen LogP contribution >= 0.6 is 0 Å². The second-order valence-electron chi connectivity index (χ2n) is 5.87. The van der Waals surface area contributed by atoms with Gasteiger partial charge >= 0.3 is 0 Å². The standard InChI is InChI=1S/C18H25N3/c1-2-10-19-14-15-13-18(21-11-6-3-7-12-21)16-8-4-5-9-17(16)20-15/h4-5,8-9,13,19H,2-3,6-7,10-12,14H2,1H3. The van der Waals surface area contributed by atoms with Gasteiger partial charge in [0.15, 0.2) is 0 Å². The van der Waals surface area contributed by atoms with E-state index < -0.39 is 0 Å². The number of anilines is 1. The third-order valence-electron chi connectivity index (χ3n) is 4.18. The average Bonchev–Trinajstić information content (AvgIpc) is 2.55. The van der Waals surface area contributed by atoms with Gasteiger partial charge in [0, 0.05) is 30.7 Å². The number of nitrogens with zero attached hydrogens (tertiary/aromatic N) is 2. The van der Waals surface area contributed by atoms with Crippen molar-refractivity contribution in [2.75, 3.05) is 24.5 Å². The zero-order valence-corrected chi connectivity index (χ0v) is 12.9. The van der Waals surface area contributed by atoms with E-state index in [1.54, 1.807) is 0 Å². The highest BCUT2D eigenvalue weighted by Gasteiger charge is 2.15. The molecule has 0 saturated carbocycles. The predicted molar refractivity (Wildman–Crippen MR) is 89.8 cm³/mol. The van der Waals surface area contributed by atoms with Gasteiger partial charge in [-0.15, -0.1) is 0 Å². The number of benzene rings is 1. The molecule has 1 aromatic carbocycles. The molecule has 0 unspecified atom stereocenters. The van der Waals surface area contributed by atoms with Crippen LogP contribution in [0.4, 0.5) is 5.69 Å². The fourth-order valence-corrected chi connectivity index (χ4v) is 3.09. The molecule has 21 heavy (non-hydrogen) atoms. The molecule has 112 valence electrons. The first kappa shape index (κ1) is 14.3. The Morgan fingerprint density at radius 1 is 1.14 bits per heavy atom. The van der Waals surface area contributed by atoms with E-state index in [1.165, 1.54) is 43.4 Å². The third-order valence-corrected chi connectivity index (χ3v) is 4.18. The van der Waals surface area contributed by atoms with Crippen LogP contribution in [0, 0.1) is 0 Å². The van der Waals surface area contributed by atoms with Crippen molar-refractivity contribution in [2.24, 2.45) is 0 Å². The van der Waals surface area contributed by atoms with E-state index in [9.17, 15) is 0 Å². The van der Waals surface area contributed by atoms with Crippen LogP contribution < -0.4 is 10.2 Å². The SMILES string of the molecule is CCCNCc1cc(N2CCCCC2)c2ccccc2n1. The fraction of sp³-hybridized carbons (Fsp3) is 0.500. The Morgan fingerprint density at radius 3 is 2.76 bits per heavy atom. The zero-order chi connectivity index (χ0) is 14.5. The first-order valence-corrected chi connectivity index (χ1v) is 8.23. The van der Waals surface area contributed by atoms with Gasteiger partial charge in [-0.3, -0.25) is 4.98 Å². The second kappa shape index (κ2) is 6.90. The van der Waals surface area contributed by atoms with Gasteiger partial charge in [-0.25, -0.2) is 0 Å². The van der Waals surface area contributed by atoms with Crippen molar-refractivity contribution in [1.82, 2.24) is 10.3 Å². The largest absolute Gasteiger partial charge is 0.371 e. The summed E-state index contributed by atoms with van der Waals surface area (Å²) in [5, 5.41) is 4.76. The van der Waals surface area contributed by atoms with Gasteiger partial charge in [0.25, 0.3) is 0 Å². The second-order valence-corrected chi connectivity index (χ2v) is 5.87. The average molecular weight is 283 g/mol. The number of hydrogen-bond acceptors (Lipinski definition) is 3. The van der Waals surface area contributed by atoms with Crippen LogP contribution in [-0.4, -0.2) is 24.6 Å². The summed E-state index contributed by atoms with van der Waals surface area (Å²) >= 11 is 0. The topological polar surface area (TPSA) is 28.2 Å². The molecule has 0 aliphatic carbocycles. The molecule has 2 aromatic rings. The maximum atomic E-state index is 4.81. The number of hydrogen-bond donors (Lipinski definition) is 1. The van der Waals surface area contributed by atoms with Crippen LogP contribution in [0.25, 0.3) is 10.9 Å². The van der Waals surface area contributed by atoms with E-state index in [4.69, 9.17) is 4.98 Å². The fourth-order valence-electron chi connectivity index (χ4n) is 3.09. The zero-order valence-electron chi connectivity index (χ0n) is 12.9. The summed E-state index contributed by atoms with van der Waals surface area (Å²) in [6, 6.07) is 10.8. The third kappa shape index (κ3) is 3.35. The van der Waals surface area contributed by atoms with E-state index in [-0.39, 0.29) is 0 Å². The minimum absolute atomic E-state index is 0.861. The van der Waals surface area contributed by atoms with Gasteiger partial charge in [-0.05, 0) is 44.4 Å². The molecule has 3 heteroatoms. The first-order chi connectivity index (χ1) is 10.4. The molecule has 0 bridgehead atoms. The van der Waals surface area contributed by atoms with E-state index in [0.29, 0.717) is 0 Å².